The molecule has 0 N–H and O–H groups in total. The highest BCUT2D eigenvalue weighted by atomic mass is 31.2. The summed E-state index contributed by atoms with van der Waals surface area (Å²) < 4.78 is 0. The molecule has 0 saturated heterocycles. The average molecular weight is 492 g/mol. The maximum absolute atomic E-state index is 2.34. The van der Waals surface area contributed by atoms with Crippen molar-refractivity contribution < 1.29 is 0 Å². The van der Waals surface area contributed by atoms with Gasteiger partial charge in [-0.15, -0.1) is 0 Å². The highest BCUT2D eigenvalue weighted by Crippen LogP contribution is 2.62. The van der Waals surface area contributed by atoms with Crippen LogP contribution in [0.2, 0.25) is 0 Å². The van der Waals surface area contributed by atoms with E-state index in [9.17, 15) is 0 Å². The van der Waals surface area contributed by atoms with Crippen LogP contribution in [-0.4, -0.2) is 5.14 Å². The molecule has 1 unspecified atom stereocenters. The van der Waals surface area contributed by atoms with Crippen molar-refractivity contribution >= 4 is 50.9 Å². The first-order chi connectivity index (χ1) is 16.9. The van der Waals surface area contributed by atoms with Gasteiger partial charge in [-0.25, -0.2) is 0 Å². The van der Waals surface area contributed by atoms with Gasteiger partial charge in [0.1, 0.15) is 0 Å². The zero-order valence-corrected chi connectivity index (χ0v) is 21.7. The van der Waals surface area contributed by atoms with Crippen molar-refractivity contribution in [1.29, 1.82) is 0 Å². The molecule has 0 aliphatic carbocycles. The summed E-state index contributed by atoms with van der Waals surface area (Å²) in [5.41, 5.74) is 0. The topological polar surface area (TPSA) is 0 Å². The molecule has 0 heterocycles. The van der Waals surface area contributed by atoms with E-state index in [0.717, 1.165) is 0 Å². The maximum atomic E-state index is 2.34. The van der Waals surface area contributed by atoms with E-state index < -0.39 is 15.8 Å². The molecule has 5 aromatic carbocycles. The lowest BCUT2D eigenvalue weighted by Gasteiger charge is -2.36. The Morgan fingerprint density at radius 2 is 0.618 bits per heavy atom. The van der Waals surface area contributed by atoms with Crippen molar-refractivity contribution in [2.75, 3.05) is 0 Å². The first-order valence-electron chi connectivity index (χ1n) is 11.5. The van der Waals surface area contributed by atoms with E-state index in [2.05, 4.69) is 152 Å². The van der Waals surface area contributed by atoms with Crippen LogP contribution in [0.25, 0.3) is 0 Å². The number of rotatable bonds is 8. The minimum atomic E-state index is -0.583. The zero-order chi connectivity index (χ0) is 23.0. The van der Waals surface area contributed by atoms with Gasteiger partial charge in [0.15, 0.2) is 0 Å². The SMILES string of the molecule is c1ccc(PC(P(c2ccccc2)c2ccccc2)P(c2ccccc2)c2ccccc2)cc1. The molecule has 0 radical (unpaired) electrons. The Morgan fingerprint density at radius 3 is 0.912 bits per heavy atom. The number of hydrogen-bond acceptors (Lipinski definition) is 0. The van der Waals surface area contributed by atoms with Crippen molar-refractivity contribution in [3.8, 4) is 0 Å². The monoisotopic (exact) mass is 492 g/mol. The molecule has 5 aromatic rings. The largest absolute Gasteiger partial charge is 0.0770 e. The summed E-state index contributed by atoms with van der Waals surface area (Å²) in [6, 6.07) is 55.9. The number of benzene rings is 5. The van der Waals surface area contributed by atoms with Crippen LogP contribution in [0.1, 0.15) is 0 Å². The summed E-state index contributed by atoms with van der Waals surface area (Å²) >= 11 is 0. The van der Waals surface area contributed by atoms with Crippen molar-refractivity contribution in [3.05, 3.63) is 152 Å². The van der Waals surface area contributed by atoms with Gasteiger partial charge in [0.25, 0.3) is 0 Å². The van der Waals surface area contributed by atoms with Gasteiger partial charge in [0, 0.05) is 5.14 Å². The molecule has 0 aliphatic heterocycles. The Morgan fingerprint density at radius 1 is 0.353 bits per heavy atom. The molecule has 0 amide bonds. The first-order valence-corrected chi connectivity index (χ1v) is 15.4. The van der Waals surface area contributed by atoms with E-state index in [1.807, 2.05) is 0 Å². The Balaban J connectivity index is 1.73. The third-order valence-electron chi connectivity index (χ3n) is 5.70. The van der Waals surface area contributed by atoms with Crippen LogP contribution in [0.15, 0.2) is 152 Å². The van der Waals surface area contributed by atoms with Gasteiger partial charge in [-0.1, -0.05) is 160 Å². The Hall–Kier alpha value is -2.61. The van der Waals surface area contributed by atoms with Gasteiger partial charge < -0.3 is 0 Å². The third-order valence-corrected chi connectivity index (χ3v) is 14.7. The lowest BCUT2D eigenvalue weighted by Crippen LogP contribution is -2.26. The standard InChI is InChI=1S/C31H27P3/c1-6-16-26(17-7-1)32-31(33(27-18-8-2-9-19-27)28-20-10-3-11-21-28)34(29-22-12-4-13-23-29)30-24-14-5-15-25-30/h1-25,31-32H. The van der Waals surface area contributed by atoms with Crippen molar-refractivity contribution in [1.82, 2.24) is 0 Å². The maximum Gasteiger partial charge on any atom is 0.0368 e. The molecule has 0 bridgehead atoms. The van der Waals surface area contributed by atoms with E-state index >= 15 is 0 Å². The van der Waals surface area contributed by atoms with Crippen LogP contribution >= 0.6 is 24.4 Å². The van der Waals surface area contributed by atoms with E-state index in [4.69, 9.17) is 0 Å². The predicted octanol–water partition coefficient (Wildman–Crippen LogP) is 6.54. The molecule has 1 atom stereocenters. The van der Waals surface area contributed by atoms with Gasteiger partial charge in [-0.3, -0.25) is 0 Å². The van der Waals surface area contributed by atoms with Gasteiger partial charge in [-0.05, 0) is 42.4 Å². The molecular formula is C31H27P3. The average Bonchev–Trinajstić information content (AvgIpc) is 2.92. The lowest BCUT2D eigenvalue weighted by atomic mass is 10.4. The van der Waals surface area contributed by atoms with Crippen LogP contribution in [-0.2, 0) is 0 Å². The summed E-state index contributed by atoms with van der Waals surface area (Å²) in [4.78, 5) is 0. The van der Waals surface area contributed by atoms with Gasteiger partial charge in [0.2, 0.25) is 0 Å². The van der Waals surface area contributed by atoms with E-state index in [-0.39, 0.29) is 0 Å². The molecule has 0 fully saturated rings. The highest BCUT2D eigenvalue weighted by Gasteiger charge is 2.33. The third kappa shape index (κ3) is 5.54. The molecule has 34 heavy (non-hydrogen) atoms. The molecule has 0 spiro atoms. The van der Waals surface area contributed by atoms with Crippen LogP contribution in [0.3, 0.4) is 0 Å². The fraction of sp³-hybridized carbons (Fsp3) is 0.0323. The first kappa shape index (κ1) is 23.1. The number of hydrogen-bond donors (Lipinski definition) is 0. The predicted molar refractivity (Wildman–Crippen MR) is 156 cm³/mol. The molecule has 0 aliphatic rings. The molecule has 3 heteroatoms. The van der Waals surface area contributed by atoms with Crippen LogP contribution in [0.4, 0.5) is 0 Å². The van der Waals surface area contributed by atoms with Crippen molar-refractivity contribution in [2.45, 2.75) is 5.14 Å². The summed E-state index contributed by atoms with van der Waals surface area (Å²) in [6.45, 7) is 0. The molecule has 166 valence electrons. The fourth-order valence-electron chi connectivity index (χ4n) is 4.15. The second kappa shape index (κ2) is 11.7. The van der Waals surface area contributed by atoms with Gasteiger partial charge in [0.05, 0.1) is 0 Å². The van der Waals surface area contributed by atoms with E-state index in [1.165, 1.54) is 26.5 Å². The molecular weight excluding hydrogens is 465 g/mol. The van der Waals surface area contributed by atoms with E-state index in [1.54, 1.807) is 0 Å². The van der Waals surface area contributed by atoms with E-state index in [0.29, 0.717) is 13.7 Å². The summed E-state index contributed by atoms with van der Waals surface area (Å²) in [7, 11) is -0.451. The van der Waals surface area contributed by atoms with Crippen LogP contribution in [0.5, 0.6) is 0 Å². The van der Waals surface area contributed by atoms with Crippen LogP contribution < -0.4 is 26.5 Å². The van der Waals surface area contributed by atoms with Crippen LogP contribution in [0, 0.1) is 0 Å². The fourth-order valence-corrected chi connectivity index (χ4v) is 14.8. The van der Waals surface area contributed by atoms with Crippen molar-refractivity contribution in [2.24, 2.45) is 0 Å². The quantitative estimate of drug-likeness (QED) is 0.216. The second-order valence-corrected chi connectivity index (χ2v) is 15.4. The van der Waals surface area contributed by atoms with Crippen molar-refractivity contribution in [3.63, 3.8) is 0 Å². The Bertz CT molecular complexity index is 1100. The summed E-state index contributed by atoms with van der Waals surface area (Å²) in [5.74, 6) is 0. The van der Waals surface area contributed by atoms with Gasteiger partial charge >= 0.3 is 0 Å². The normalized spacial score (nSPS) is 11.6. The minimum absolute atomic E-state index is 0.488. The Labute approximate surface area is 207 Å². The van der Waals surface area contributed by atoms with Gasteiger partial charge in [-0.2, -0.15) is 0 Å². The summed E-state index contributed by atoms with van der Waals surface area (Å²) in [6.07, 6.45) is 0. The zero-order valence-electron chi connectivity index (χ0n) is 18.9. The lowest BCUT2D eigenvalue weighted by molar-refractivity contribution is 1.71. The molecule has 0 nitrogen and oxygen atoms in total. The summed E-state index contributed by atoms with van der Waals surface area (Å²) in [5, 5.41) is 7.74. The highest BCUT2D eigenvalue weighted by molar-refractivity contribution is 7.98. The molecule has 0 saturated carbocycles. The molecule has 5 rings (SSSR count). The second-order valence-electron chi connectivity index (χ2n) is 7.97. The molecule has 0 aromatic heterocycles. The Kier molecular flexibility index (Phi) is 7.96. The smallest absolute Gasteiger partial charge is 0.0368 e. The minimum Gasteiger partial charge on any atom is -0.0770 e.